The summed E-state index contributed by atoms with van der Waals surface area (Å²) >= 11 is 0. The highest BCUT2D eigenvalue weighted by molar-refractivity contribution is 5.97. The van der Waals surface area contributed by atoms with Crippen LogP contribution in [0.4, 0.5) is 10.1 Å². The molecule has 24 heavy (non-hydrogen) atoms. The van der Waals surface area contributed by atoms with Crippen LogP contribution in [0.3, 0.4) is 0 Å². The fourth-order valence-electron chi connectivity index (χ4n) is 2.06. The van der Waals surface area contributed by atoms with E-state index in [-0.39, 0.29) is 23.0 Å². The molecular formula is C18H19FN2O3. The third-order valence-corrected chi connectivity index (χ3v) is 3.46. The Bertz CT molecular complexity index is 771. The van der Waals surface area contributed by atoms with Crippen LogP contribution in [0.25, 0.3) is 11.3 Å². The molecule has 5 nitrogen and oxygen atoms in total. The third kappa shape index (κ3) is 3.76. The Hall–Kier alpha value is -2.76. The van der Waals surface area contributed by atoms with Crippen molar-refractivity contribution in [1.29, 1.82) is 0 Å². The van der Waals surface area contributed by atoms with Gasteiger partial charge in [-0.2, -0.15) is 0 Å². The Morgan fingerprint density at radius 1 is 1.25 bits per heavy atom. The zero-order valence-electron chi connectivity index (χ0n) is 14.0. The van der Waals surface area contributed by atoms with Gasteiger partial charge in [0.2, 0.25) is 5.91 Å². The summed E-state index contributed by atoms with van der Waals surface area (Å²) in [5.41, 5.74) is 1.47. The van der Waals surface area contributed by atoms with Crippen molar-refractivity contribution in [3.05, 3.63) is 47.4 Å². The number of hydrogen-bond donors (Lipinski definition) is 1. The van der Waals surface area contributed by atoms with Crippen LogP contribution in [0.15, 0.2) is 30.5 Å². The highest BCUT2D eigenvalue weighted by atomic mass is 19.1. The lowest BCUT2D eigenvalue weighted by atomic mass is 10.0. The summed E-state index contributed by atoms with van der Waals surface area (Å²) < 4.78 is 19.3. The van der Waals surface area contributed by atoms with Gasteiger partial charge in [0.1, 0.15) is 5.82 Å². The maximum absolute atomic E-state index is 14.7. The molecule has 1 amide bonds. The summed E-state index contributed by atoms with van der Waals surface area (Å²) in [6.07, 6.45) is 1.60. The first kappa shape index (κ1) is 17.6. The number of nitrogens with zero attached hydrogens (tertiary/aromatic N) is 1. The lowest BCUT2D eigenvalue weighted by Gasteiger charge is -2.13. The monoisotopic (exact) mass is 330 g/mol. The van der Waals surface area contributed by atoms with E-state index < -0.39 is 11.8 Å². The Morgan fingerprint density at radius 3 is 2.50 bits per heavy atom. The van der Waals surface area contributed by atoms with Crippen molar-refractivity contribution >= 4 is 17.6 Å². The first-order chi connectivity index (χ1) is 11.3. The van der Waals surface area contributed by atoms with E-state index in [1.807, 2.05) is 6.92 Å². The van der Waals surface area contributed by atoms with Gasteiger partial charge in [-0.25, -0.2) is 9.18 Å². The van der Waals surface area contributed by atoms with Crippen LogP contribution < -0.4 is 5.32 Å². The molecule has 0 aliphatic rings. The average Bonchev–Trinajstić information content (AvgIpc) is 2.56. The number of anilines is 1. The number of pyridine rings is 1. The highest BCUT2D eigenvalue weighted by Crippen LogP contribution is 2.28. The van der Waals surface area contributed by atoms with Gasteiger partial charge in [-0.1, -0.05) is 19.9 Å². The predicted molar refractivity (Wildman–Crippen MR) is 89.2 cm³/mol. The average molecular weight is 330 g/mol. The number of carbonyl (C=O) groups is 2. The molecule has 1 N–H and O–H groups in total. The number of hydrogen-bond acceptors (Lipinski definition) is 4. The second-order valence-corrected chi connectivity index (χ2v) is 5.74. The molecule has 2 rings (SSSR count). The first-order valence-electron chi connectivity index (χ1n) is 7.49. The minimum atomic E-state index is -0.818. The van der Waals surface area contributed by atoms with Crippen molar-refractivity contribution in [2.24, 2.45) is 5.92 Å². The summed E-state index contributed by atoms with van der Waals surface area (Å²) in [5.74, 6) is -2.04. The second-order valence-electron chi connectivity index (χ2n) is 5.74. The summed E-state index contributed by atoms with van der Waals surface area (Å²) in [6.45, 7) is 5.34. The molecule has 0 bridgehead atoms. The molecule has 6 heteroatoms. The third-order valence-electron chi connectivity index (χ3n) is 3.46. The van der Waals surface area contributed by atoms with E-state index in [9.17, 15) is 14.0 Å². The number of aromatic nitrogens is 1. The minimum absolute atomic E-state index is 0.122. The number of esters is 1. The van der Waals surface area contributed by atoms with Gasteiger partial charge >= 0.3 is 5.97 Å². The lowest BCUT2D eigenvalue weighted by molar-refractivity contribution is -0.118. The number of halogens is 1. The fraction of sp³-hybridized carbons (Fsp3) is 0.278. The first-order valence-corrected chi connectivity index (χ1v) is 7.49. The van der Waals surface area contributed by atoms with Crippen molar-refractivity contribution in [3.8, 4) is 11.3 Å². The number of carbonyl (C=O) groups excluding carboxylic acids is 2. The molecule has 2 aromatic rings. The zero-order chi connectivity index (χ0) is 17.9. The summed E-state index contributed by atoms with van der Waals surface area (Å²) in [5, 5.41) is 2.67. The molecule has 0 fully saturated rings. The Balaban J connectivity index is 2.57. The molecule has 1 heterocycles. The van der Waals surface area contributed by atoms with Crippen molar-refractivity contribution in [2.75, 3.05) is 12.4 Å². The van der Waals surface area contributed by atoms with Crippen LogP contribution in [0.5, 0.6) is 0 Å². The standard InChI is InChI=1S/C18H19FN2O3/c1-10(2)17(22)21-12-7-13(15-6-5-11(3)9-20-15)16(19)14(8-12)18(23)24-4/h5-10H,1-4H3,(H,21,22). The Morgan fingerprint density at radius 2 is 1.96 bits per heavy atom. The highest BCUT2D eigenvalue weighted by Gasteiger charge is 2.20. The van der Waals surface area contributed by atoms with Crippen molar-refractivity contribution < 1.29 is 18.7 Å². The zero-order valence-corrected chi connectivity index (χ0v) is 14.0. The second kappa shape index (κ2) is 7.21. The van der Waals surface area contributed by atoms with Crippen LogP contribution >= 0.6 is 0 Å². The number of amides is 1. The predicted octanol–water partition coefficient (Wildman–Crippen LogP) is 3.58. The quantitative estimate of drug-likeness (QED) is 0.870. The van der Waals surface area contributed by atoms with Crippen LogP contribution in [0, 0.1) is 18.7 Å². The molecule has 1 aromatic heterocycles. The molecule has 0 saturated heterocycles. The van der Waals surface area contributed by atoms with Crippen molar-refractivity contribution in [1.82, 2.24) is 4.98 Å². The van der Waals surface area contributed by atoms with Gasteiger partial charge in [0, 0.05) is 23.4 Å². The van der Waals surface area contributed by atoms with E-state index in [2.05, 4.69) is 15.0 Å². The number of methoxy groups -OCH3 is 1. The molecule has 0 atom stereocenters. The molecule has 126 valence electrons. The molecule has 0 spiro atoms. The number of benzene rings is 1. The van der Waals surface area contributed by atoms with E-state index in [0.29, 0.717) is 11.4 Å². The fourth-order valence-corrected chi connectivity index (χ4v) is 2.06. The van der Waals surface area contributed by atoms with Gasteiger partial charge in [-0.15, -0.1) is 0 Å². The number of rotatable bonds is 4. The van der Waals surface area contributed by atoms with Crippen LogP contribution in [-0.2, 0) is 9.53 Å². The molecule has 0 saturated carbocycles. The van der Waals surface area contributed by atoms with Gasteiger partial charge < -0.3 is 10.1 Å². The van der Waals surface area contributed by atoms with E-state index >= 15 is 0 Å². The van der Waals surface area contributed by atoms with Crippen molar-refractivity contribution in [3.63, 3.8) is 0 Å². The molecule has 0 radical (unpaired) electrons. The molecule has 0 aliphatic heterocycles. The van der Waals surface area contributed by atoms with Gasteiger partial charge in [0.05, 0.1) is 18.4 Å². The lowest BCUT2D eigenvalue weighted by Crippen LogP contribution is -2.18. The van der Waals surface area contributed by atoms with Gasteiger partial charge in [-0.3, -0.25) is 9.78 Å². The largest absolute Gasteiger partial charge is 0.465 e. The van der Waals surface area contributed by atoms with Gasteiger partial charge in [0.25, 0.3) is 0 Å². The topological polar surface area (TPSA) is 68.3 Å². The summed E-state index contributed by atoms with van der Waals surface area (Å²) in [4.78, 5) is 27.9. The number of aryl methyl sites for hydroxylation is 1. The van der Waals surface area contributed by atoms with E-state index in [1.54, 1.807) is 32.2 Å². The molecule has 1 aromatic carbocycles. The summed E-state index contributed by atoms with van der Waals surface area (Å²) in [6, 6.07) is 6.17. The Kier molecular flexibility index (Phi) is 5.28. The summed E-state index contributed by atoms with van der Waals surface area (Å²) in [7, 11) is 1.17. The maximum atomic E-state index is 14.7. The molecule has 0 aliphatic carbocycles. The molecule has 0 unspecified atom stereocenters. The van der Waals surface area contributed by atoms with E-state index in [0.717, 1.165) is 5.56 Å². The van der Waals surface area contributed by atoms with Crippen molar-refractivity contribution in [2.45, 2.75) is 20.8 Å². The van der Waals surface area contributed by atoms with Crippen LogP contribution in [-0.4, -0.2) is 24.0 Å². The maximum Gasteiger partial charge on any atom is 0.340 e. The van der Waals surface area contributed by atoms with E-state index in [1.165, 1.54) is 19.2 Å². The van der Waals surface area contributed by atoms with E-state index in [4.69, 9.17) is 0 Å². The van der Waals surface area contributed by atoms with Crippen LogP contribution in [0.1, 0.15) is 29.8 Å². The van der Waals surface area contributed by atoms with Gasteiger partial charge in [-0.05, 0) is 30.7 Å². The number of ether oxygens (including phenoxy) is 1. The van der Waals surface area contributed by atoms with Crippen LogP contribution in [0.2, 0.25) is 0 Å². The smallest absolute Gasteiger partial charge is 0.340 e. The molecular weight excluding hydrogens is 311 g/mol. The SMILES string of the molecule is COC(=O)c1cc(NC(=O)C(C)C)cc(-c2ccc(C)cn2)c1F. The minimum Gasteiger partial charge on any atom is -0.465 e. The normalized spacial score (nSPS) is 10.6. The van der Waals surface area contributed by atoms with Gasteiger partial charge in [0.15, 0.2) is 0 Å². The Labute approximate surface area is 139 Å². The number of nitrogens with one attached hydrogen (secondary N) is 1.